The molecule has 3 heterocycles. The molecule has 2 aliphatic rings. The highest BCUT2D eigenvalue weighted by Gasteiger charge is 2.48. The van der Waals surface area contributed by atoms with Crippen LogP contribution < -0.4 is 0 Å². The van der Waals surface area contributed by atoms with Gasteiger partial charge in [-0.15, -0.1) is 0 Å². The Bertz CT molecular complexity index is 989. The van der Waals surface area contributed by atoms with E-state index >= 15 is 0 Å². The van der Waals surface area contributed by atoms with Crippen LogP contribution in [0.5, 0.6) is 0 Å². The van der Waals surface area contributed by atoms with E-state index in [4.69, 9.17) is 16.3 Å². The van der Waals surface area contributed by atoms with Crippen LogP contribution in [-0.4, -0.2) is 59.1 Å². The fourth-order valence-corrected chi connectivity index (χ4v) is 5.77. The summed E-state index contributed by atoms with van der Waals surface area (Å²) in [5.74, 6) is 0. The van der Waals surface area contributed by atoms with Crippen LogP contribution in [-0.2, 0) is 21.2 Å². The molecule has 2 aliphatic heterocycles. The molecule has 0 spiro atoms. The van der Waals surface area contributed by atoms with Crippen molar-refractivity contribution in [3.05, 3.63) is 46.7 Å². The highest BCUT2D eigenvalue weighted by Crippen LogP contribution is 2.40. The van der Waals surface area contributed by atoms with Gasteiger partial charge in [0.2, 0.25) is 10.0 Å². The third-order valence-corrected chi connectivity index (χ3v) is 7.25. The minimum atomic E-state index is -3.78. The van der Waals surface area contributed by atoms with E-state index < -0.39 is 28.2 Å². The SMILES string of the molecule is CC(C)OC(=O)N1CC2Cc3[nH]ncc3C(C1)N2S(=O)(=O)c1ccc(Cl)cc1. The number of aromatic nitrogens is 2. The number of carbonyl (C=O) groups is 1. The molecule has 1 saturated heterocycles. The molecule has 8 nitrogen and oxygen atoms in total. The molecule has 0 radical (unpaired) electrons. The third kappa shape index (κ3) is 3.27. The van der Waals surface area contributed by atoms with Gasteiger partial charge in [-0.1, -0.05) is 11.6 Å². The lowest BCUT2D eigenvalue weighted by molar-refractivity contribution is 0.0348. The van der Waals surface area contributed by atoms with Crippen LogP contribution in [0.2, 0.25) is 5.02 Å². The van der Waals surface area contributed by atoms with E-state index in [0.717, 1.165) is 11.3 Å². The number of aromatic amines is 1. The van der Waals surface area contributed by atoms with E-state index in [9.17, 15) is 13.2 Å². The molecular weight excluding hydrogens is 404 g/mol. The van der Waals surface area contributed by atoms with Crippen LogP contribution in [0.1, 0.15) is 31.1 Å². The molecule has 1 aromatic heterocycles. The second kappa shape index (κ2) is 7.06. The molecule has 2 aromatic rings. The molecule has 1 aromatic carbocycles. The zero-order chi connectivity index (χ0) is 20.1. The van der Waals surface area contributed by atoms with Gasteiger partial charge in [-0.3, -0.25) is 5.10 Å². The van der Waals surface area contributed by atoms with Crippen molar-refractivity contribution >= 4 is 27.7 Å². The van der Waals surface area contributed by atoms with Crippen LogP contribution in [0.3, 0.4) is 0 Å². The van der Waals surface area contributed by atoms with Crippen molar-refractivity contribution in [3.63, 3.8) is 0 Å². The number of piperazine rings is 1. The van der Waals surface area contributed by atoms with Gasteiger partial charge in [0.05, 0.1) is 23.2 Å². The molecule has 28 heavy (non-hydrogen) atoms. The van der Waals surface area contributed by atoms with Gasteiger partial charge in [-0.25, -0.2) is 13.2 Å². The quantitative estimate of drug-likeness (QED) is 0.816. The third-order valence-electron chi connectivity index (χ3n) is 5.03. The largest absolute Gasteiger partial charge is 0.447 e. The summed E-state index contributed by atoms with van der Waals surface area (Å²) in [5.41, 5.74) is 1.70. The molecule has 4 rings (SSSR count). The van der Waals surface area contributed by atoms with Crippen molar-refractivity contribution in [1.29, 1.82) is 0 Å². The smallest absolute Gasteiger partial charge is 0.410 e. The van der Waals surface area contributed by atoms with Crippen molar-refractivity contribution in [2.75, 3.05) is 13.1 Å². The van der Waals surface area contributed by atoms with Gasteiger partial charge in [-0.05, 0) is 38.1 Å². The lowest BCUT2D eigenvalue weighted by Gasteiger charge is -2.48. The first-order chi connectivity index (χ1) is 13.3. The lowest BCUT2D eigenvalue weighted by atomic mass is 9.92. The molecule has 10 heteroatoms. The van der Waals surface area contributed by atoms with E-state index in [0.29, 0.717) is 11.4 Å². The van der Waals surface area contributed by atoms with E-state index in [2.05, 4.69) is 10.2 Å². The second-order valence-corrected chi connectivity index (χ2v) is 9.58. The molecule has 2 bridgehead atoms. The topological polar surface area (TPSA) is 95.6 Å². The van der Waals surface area contributed by atoms with Crippen LogP contribution in [0, 0.1) is 0 Å². The Labute approximate surface area is 168 Å². The van der Waals surface area contributed by atoms with E-state index in [1.807, 2.05) is 0 Å². The Kier molecular flexibility index (Phi) is 4.84. The standard InChI is InChI=1S/C18H21ClN4O4S/c1-11(2)27-18(24)22-9-13-7-16-15(8-20-21-16)17(10-22)23(13)28(25,26)14-5-3-12(19)4-6-14/h3-6,8,11,13,17H,7,9-10H2,1-2H3,(H,20,21). The number of H-pyrrole nitrogens is 1. The highest BCUT2D eigenvalue weighted by atomic mass is 35.5. The minimum Gasteiger partial charge on any atom is -0.447 e. The second-order valence-electron chi connectivity index (χ2n) is 7.30. The maximum Gasteiger partial charge on any atom is 0.410 e. The molecule has 150 valence electrons. The summed E-state index contributed by atoms with van der Waals surface area (Å²) in [6.07, 6.45) is 1.41. The van der Waals surface area contributed by atoms with Crippen LogP contribution in [0.15, 0.2) is 35.4 Å². The fraction of sp³-hybridized carbons (Fsp3) is 0.444. The number of halogens is 1. The number of nitrogens with zero attached hydrogens (tertiary/aromatic N) is 3. The molecule has 0 aliphatic carbocycles. The summed E-state index contributed by atoms with van der Waals surface area (Å²) in [6, 6.07) is 5.19. The van der Waals surface area contributed by atoms with Crippen molar-refractivity contribution < 1.29 is 17.9 Å². The molecule has 2 unspecified atom stereocenters. The number of ether oxygens (including phenoxy) is 1. The molecule has 2 atom stereocenters. The van der Waals surface area contributed by atoms with E-state index in [1.54, 1.807) is 37.1 Å². The Morgan fingerprint density at radius 2 is 2.00 bits per heavy atom. The van der Waals surface area contributed by atoms with Crippen LogP contribution in [0.4, 0.5) is 4.79 Å². The normalized spacial score (nSPS) is 22.2. The minimum absolute atomic E-state index is 0.178. The number of fused-ring (bicyclic) bond motifs is 4. The van der Waals surface area contributed by atoms with Gasteiger partial charge < -0.3 is 9.64 Å². The van der Waals surface area contributed by atoms with E-state index in [-0.39, 0.29) is 24.1 Å². The molecule has 1 fully saturated rings. The highest BCUT2D eigenvalue weighted by molar-refractivity contribution is 7.89. The van der Waals surface area contributed by atoms with Crippen molar-refractivity contribution in [2.45, 2.75) is 43.4 Å². The maximum absolute atomic E-state index is 13.4. The van der Waals surface area contributed by atoms with Gasteiger partial charge >= 0.3 is 6.09 Å². The van der Waals surface area contributed by atoms with Crippen molar-refractivity contribution in [3.8, 4) is 0 Å². The van der Waals surface area contributed by atoms with Crippen LogP contribution >= 0.6 is 11.6 Å². The average Bonchev–Trinajstić information content (AvgIpc) is 3.08. The fourth-order valence-electron chi connectivity index (χ4n) is 3.87. The first-order valence-electron chi connectivity index (χ1n) is 9.04. The Morgan fingerprint density at radius 3 is 2.68 bits per heavy atom. The molecule has 1 amide bonds. The Hall–Kier alpha value is -2.10. The molecule has 0 saturated carbocycles. The van der Waals surface area contributed by atoms with Crippen molar-refractivity contribution in [2.24, 2.45) is 0 Å². The maximum atomic E-state index is 13.4. The Morgan fingerprint density at radius 1 is 1.29 bits per heavy atom. The summed E-state index contributed by atoms with van der Waals surface area (Å²) in [4.78, 5) is 14.2. The zero-order valence-electron chi connectivity index (χ0n) is 15.5. The van der Waals surface area contributed by atoms with Crippen LogP contribution in [0.25, 0.3) is 0 Å². The number of rotatable bonds is 3. The molecule has 1 N–H and O–H groups in total. The predicted octanol–water partition coefficient (Wildman–Crippen LogP) is 2.58. The van der Waals surface area contributed by atoms with Gasteiger partial charge in [0.25, 0.3) is 0 Å². The van der Waals surface area contributed by atoms with Gasteiger partial charge in [0, 0.05) is 41.8 Å². The number of carbonyl (C=O) groups excluding carboxylic acids is 1. The van der Waals surface area contributed by atoms with E-state index in [1.165, 1.54) is 16.4 Å². The number of sulfonamides is 1. The monoisotopic (exact) mass is 424 g/mol. The van der Waals surface area contributed by atoms with Gasteiger partial charge in [0.1, 0.15) is 0 Å². The molecular formula is C18H21ClN4O4S. The number of amides is 1. The zero-order valence-corrected chi connectivity index (χ0v) is 17.1. The number of benzene rings is 1. The summed E-state index contributed by atoms with van der Waals surface area (Å²) in [7, 11) is -3.78. The summed E-state index contributed by atoms with van der Waals surface area (Å²) < 4.78 is 33.7. The first kappa shape index (κ1) is 19.2. The average molecular weight is 425 g/mol. The summed E-state index contributed by atoms with van der Waals surface area (Å²) in [6.45, 7) is 4.04. The van der Waals surface area contributed by atoms with Crippen molar-refractivity contribution in [1.82, 2.24) is 19.4 Å². The number of nitrogens with one attached hydrogen (secondary N) is 1. The van der Waals surface area contributed by atoms with Gasteiger partial charge in [-0.2, -0.15) is 9.40 Å². The first-order valence-corrected chi connectivity index (χ1v) is 10.9. The Balaban J connectivity index is 1.71. The summed E-state index contributed by atoms with van der Waals surface area (Å²) >= 11 is 5.91. The lowest BCUT2D eigenvalue weighted by Crippen LogP contribution is -2.60. The summed E-state index contributed by atoms with van der Waals surface area (Å²) in [5, 5.41) is 7.51. The van der Waals surface area contributed by atoms with Gasteiger partial charge in [0.15, 0.2) is 0 Å². The number of hydrogen-bond donors (Lipinski definition) is 1. The number of hydrogen-bond acceptors (Lipinski definition) is 5. The predicted molar refractivity (Wildman–Crippen MR) is 102 cm³/mol.